The molecule has 0 radical (unpaired) electrons. The van der Waals surface area contributed by atoms with Crippen LogP contribution in [0.3, 0.4) is 0 Å². The summed E-state index contributed by atoms with van der Waals surface area (Å²) in [6.45, 7) is 5.10. The summed E-state index contributed by atoms with van der Waals surface area (Å²) in [4.78, 5) is 3.56. The molecule has 0 aliphatic heterocycles. The van der Waals surface area contributed by atoms with Gasteiger partial charge in [0.05, 0.1) is 6.61 Å². The number of rotatable bonds is 4. The van der Waals surface area contributed by atoms with E-state index in [4.69, 9.17) is 5.11 Å². The minimum Gasteiger partial charge on any atom is -0.396 e. The third-order valence-corrected chi connectivity index (χ3v) is 2.40. The lowest BCUT2D eigenvalue weighted by Crippen LogP contribution is -2.27. The van der Waals surface area contributed by atoms with Crippen molar-refractivity contribution in [3.05, 3.63) is 30.1 Å². The molecule has 1 aromatic heterocycles. The molecule has 1 heterocycles. The highest BCUT2D eigenvalue weighted by molar-refractivity contribution is 5.10. The van der Waals surface area contributed by atoms with E-state index in [-0.39, 0.29) is 5.69 Å². The summed E-state index contributed by atoms with van der Waals surface area (Å²) < 4.78 is 26.7. The maximum absolute atomic E-state index is 13.3. The standard InChI is InChI=1S/C9H11F2NO.C4H10/c1-7(6-13)9(10,11)8-4-2-3-5-12-8;1-3-4-2/h2-5,7,13H,6H2,1H3;3-4H2,1-2H3. The van der Waals surface area contributed by atoms with Crippen LogP contribution in [0.25, 0.3) is 0 Å². The van der Waals surface area contributed by atoms with Gasteiger partial charge in [-0.3, -0.25) is 4.98 Å². The molecule has 1 aromatic rings. The molecule has 1 rings (SSSR count). The second-order valence-electron chi connectivity index (χ2n) is 3.92. The lowest BCUT2D eigenvalue weighted by Gasteiger charge is -2.20. The largest absolute Gasteiger partial charge is 0.396 e. The molecule has 0 amide bonds. The van der Waals surface area contributed by atoms with Crippen molar-refractivity contribution in [2.75, 3.05) is 6.61 Å². The normalized spacial score (nSPS) is 12.6. The average molecular weight is 245 g/mol. The molecule has 1 unspecified atom stereocenters. The molecule has 2 nitrogen and oxygen atoms in total. The highest BCUT2D eigenvalue weighted by Crippen LogP contribution is 2.33. The van der Waals surface area contributed by atoms with Crippen LogP contribution < -0.4 is 0 Å². The molecule has 0 saturated carbocycles. The predicted molar refractivity (Wildman–Crippen MR) is 65.0 cm³/mol. The van der Waals surface area contributed by atoms with E-state index < -0.39 is 18.4 Å². The van der Waals surface area contributed by atoms with E-state index in [0.29, 0.717) is 0 Å². The second-order valence-corrected chi connectivity index (χ2v) is 3.92. The Balaban J connectivity index is 0.000000557. The van der Waals surface area contributed by atoms with E-state index in [1.165, 1.54) is 38.1 Å². The Morgan fingerprint density at radius 1 is 1.29 bits per heavy atom. The summed E-state index contributed by atoms with van der Waals surface area (Å²) in [5.74, 6) is -4.17. The van der Waals surface area contributed by atoms with E-state index in [9.17, 15) is 8.78 Å². The number of hydrogen-bond donors (Lipinski definition) is 1. The quantitative estimate of drug-likeness (QED) is 0.879. The fraction of sp³-hybridized carbons (Fsp3) is 0.615. The van der Waals surface area contributed by atoms with Crippen LogP contribution in [-0.4, -0.2) is 16.7 Å². The molecule has 0 aliphatic carbocycles. The van der Waals surface area contributed by atoms with Gasteiger partial charge in [0.1, 0.15) is 5.69 Å². The van der Waals surface area contributed by atoms with Crippen molar-refractivity contribution in [2.24, 2.45) is 5.92 Å². The molecule has 1 atom stereocenters. The van der Waals surface area contributed by atoms with Crippen LogP contribution in [0.1, 0.15) is 39.3 Å². The van der Waals surface area contributed by atoms with Crippen LogP contribution in [0, 0.1) is 5.92 Å². The first-order chi connectivity index (χ1) is 8.00. The molecule has 0 fully saturated rings. The molecular formula is C13H21F2NO. The third kappa shape index (κ3) is 5.22. The van der Waals surface area contributed by atoms with Gasteiger partial charge in [-0.15, -0.1) is 0 Å². The Bertz CT molecular complexity index is 289. The highest BCUT2D eigenvalue weighted by atomic mass is 19.3. The number of aliphatic hydroxyl groups is 1. The summed E-state index contributed by atoms with van der Waals surface area (Å²) in [5, 5.41) is 8.62. The zero-order chi connectivity index (χ0) is 13.3. The lowest BCUT2D eigenvalue weighted by molar-refractivity contribution is -0.0788. The summed E-state index contributed by atoms with van der Waals surface area (Å²) in [7, 11) is 0. The number of alkyl halides is 2. The van der Waals surface area contributed by atoms with Crippen molar-refractivity contribution in [2.45, 2.75) is 39.5 Å². The number of pyridine rings is 1. The summed E-state index contributed by atoms with van der Waals surface area (Å²) in [6.07, 6.45) is 3.95. The van der Waals surface area contributed by atoms with Gasteiger partial charge in [-0.25, -0.2) is 0 Å². The van der Waals surface area contributed by atoms with Gasteiger partial charge < -0.3 is 5.11 Å². The Labute approximate surface area is 102 Å². The van der Waals surface area contributed by atoms with Crippen molar-refractivity contribution in [1.82, 2.24) is 4.98 Å². The molecular weight excluding hydrogens is 224 g/mol. The summed E-state index contributed by atoms with van der Waals surface area (Å²) in [6, 6.07) is 4.33. The molecule has 1 N–H and O–H groups in total. The van der Waals surface area contributed by atoms with Crippen molar-refractivity contribution in [3.8, 4) is 0 Å². The molecule has 98 valence electrons. The maximum atomic E-state index is 13.3. The van der Waals surface area contributed by atoms with Crippen molar-refractivity contribution in [3.63, 3.8) is 0 Å². The molecule has 4 heteroatoms. The van der Waals surface area contributed by atoms with E-state index >= 15 is 0 Å². The first-order valence-electron chi connectivity index (χ1n) is 5.90. The van der Waals surface area contributed by atoms with Crippen molar-refractivity contribution < 1.29 is 13.9 Å². The number of hydrogen-bond acceptors (Lipinski definition) is 2. The first kappa shape index (κ1) is 16.0. The third-order valence-electron chi connectivity index (χ3n) is 2.40. The SMILES string of the molecule is CC(CO)C(F)(F)c1ccccn1.CCCC. The molecule has 0 aliphatic rings. The van der Waals surface area contributed by atoms with Crippen molar-refractivity contribution in [1.29, 1.82) is 0 Å². The van der Waals surface area contributed by atoms with Gasteiger partial charge in [0.15, 0.2) is 0 Å². The average Bonchev–Trinajstić information content (AvgIpc) is 2.39. The zero-order valence-electron chi connectivity index (χ0n) is 10.7. The van der Waals surface area contributed by atoms with Crippen LogP contribution in [0.15, 0.2) is 24.4 Å². The highest BCUT2D eigenvalue weighted by Gasteiger charge is 2.39. The number of nitrogens with zero attached hydrogens (tertiary/aromatic N) is 1. The molecule has 0 spiro atoms. The number of aromatic nitrogens is 1. The van der Waals surface area contributed by atoms with Gasteiger partial charge >= 0.3 is 0 Å². The van der Waals surface area contributed by atoms with Gasteiger partial charge in [0.25, 0.3) is 5.92 Å². The van der Waals surface area contributed by atoms with Crippen LogP contribution in [0.4, 0.5) is 8.78 Å². The fourth-order valence-corrected chi connectivity index (χ4v) is 0.927. The van der Waals surface area contributed by atoms with Crippen molar-refractivity contribution >= 4 is 0 Å². The minimum atomic E-state index is -3.06. The summed E-state index contributed by atoms with van der Waals surface area (Å²) in [5.41, 5.74) is -0.295. The fourth-order valence-electron chi connectivity index (χ4n) is 0.927. The Kier molecular flexibility index (Phi) is 7.63. The Morgan fingerprint density at radius 3 is 2.24 bits per heavy atom. The van der Waals surface area contributed by atoms with Gasteiger partial charge in [-0.2, -0.15) is 8.78 Å². The maximum Gasteiger partial charge on any atom is 0.294 e. The van der Waals surface area contributed by atoms with Crippen LogP contribution >= 0.6 is 0 Å². The summed E-state index contributed by atoms with van der Waals surface area (Å²) >= 11 is 0. The molecule has 17 heavy (non-hydrogen) atoms. The molecule has 0 saturated heterocycles. The number of unbranched alkanes of at least 4 members (excludes halogenated alkanes) is 1. The van der Waals surface area contributed by atoms with E-state index in [2.05, 4.69) is 18.8 Å². The smallest absolute Gasteiger partial charge is 0.294 e. The van der Waals surface area contributed by atoms with E-state index in [0.717, 1.165) is 0 Å². The van der Waals surface area contributed by atoms with Crippen LogP contribution in [0.2, 0.25) is 0 Å². The second kappa shape index (κ2) is 8.12. The zero-order valence-corrected chi connectivity index (χ0v) is 10.7. The van der Waals surface area contributed by atoms with E-state index in [1.54, 1.807) is 6.07 Å². The van der Waals surface area contributed by atoms with Crippen LogP contribution in [0.5, 0.6) is 0 Å². The Hall–Kier alpha value is -1.03. The topological polar surface area (TPSA) is 33.1 Å². The van der Waals surface area contributed by atoms with Gasteiger partial charge in [0.2, 0.25) is 0 Å². The first-order valence-corrected chi connectivity index (χ1v) is 5.90. The predicted octanol–water partition coefficient (Wildman–Crippen LogP) is 3.61. The monoisotopic (exact) mass is 245 g/mol. The van der Waals surface area contributed by atoms with E-state index in [1.807, 2.05) is 0 Å². The van der Waals surface area contributed by atoms with Crippen LogP contribution in [-0.2, 0) is 5.92 Å². The molecule has 0 bridgehead atoms. The molecule has 0 aromatic carbocycles. The van der Waals surface area contributed by atoms with Gasteiger partial charge in [0, 0.05) is 12.1 Å². The van der Waals surface area contributed by atoms with Gasteiger partial charge in [-0.1, -0.05) is 39.7 Å². The van der Waals surface area contributed by atoms with Gasteiger partial charge in [-0.05, 0) is 12.1 Å². The number of halogens is 2. The number of aliphatic hydroxyl groups excluding tert-OH is 1. The Morgan fingerprint density at radius 2 is 1.88 bits per heavy atom. The minimum absolute atomic E-state index is 0.295. The lowest BCUT2D eigenvalue weighted by atomic mass is 10.0.